The van der Waals surface area contributed by atoms with Crippen molar-refractivity contribution in [2.24, 2.45) is 0 Å². The summed E-state index contributed by atoms with van der Waals surface area (Å²) >= 11 is 0. The monoisotopic (exact) mass is 438 g/mol. The van der Waals surface area contributed by atoms with Crippen LogP contribution in [-0.2, 0) is 12.8 Å². The molecule has 0 aliphatic rings. The number of aromatic hydroxyl groups is 1. The molecule has 0 aliphatic heterocycles. The van der Waals surface area contributed by atoms with Gasteiger partial charge in [-0.25, -0.2) is 4.39 Å². The summed E-state index contributed by atoms with van der Waals surface area (Å²) in [7, 11) is 2.95. The fourth-order valence-electron chi connectivity index (χ4n) is 3.22. The Labute approximate surface area is 189 Å². The van der Waals surface area contributed by atoms with E-state index in [-0.39, 0.29) is 22.8 Å². The Morgan fingerprint density at radius 2 is 1.66 bits per heavy atom. The number of allylic oxidation sites excluding steroid dienone is 5. The van der Waals surface area contributed by atoms with Crippen LogP contribution in [0.3, 0.4) is 0 Å². The molecule has 0 saturated heterocycles. The molecule has 0 spiro atoms. The molecule has 1 N–H and O–H groups in total. The van der Waals surface area contributed by atoms with Crippen molar-refractivity contribution in [1.29, 1.82) is 0 Å². The van der Waals surface area contributed by atoms with E-state index in [2.05, 4.69) is 0 Å². The number of ketones is 1. The molecule has 32 heavy (non-hydrogen) atoms. The normalized spacial score (nSPS) is 10.7. The number of hydrogen-bond donors (Lipinski definition) is 1. The van der Waals surface area contributed by atoms with Crippen LogP contribution in [0.15, 0.2) is 53.6 Å². The minimum absolute atomic E-state index is 0.101. The zero-order valence-electron chi connectivity index (χ0n) is 19.6. The highest BCUT2D eigenvalue weighted by Crippen LogP contribution is 2.37. The lowest BCUT2D eigenvalue weighted by molar-refractivity contribution is 0.104. The number of rotatable bonds is 9. The fraction of sp³-hybridized carbons (Fsp3) is 0.296. The van der Waals surface area contributed by atoms with Crippen LogP contribution in [0.4, 0.5) is 4.39 Å². The van der Waals surface area contributed by atoms with Crippen LogP contribution in [0.2, 0.25) is 0 Å². The largest absolute Gasteiger partial charge is 0.507 e. The lowest BCUT2D eigenvalue weighted by atomic mass is 9.94. The minimum Gasteiger partial charge on any atom is -0.507 e. The van der Waals surface area contributed by atoms with Gasteiger partial charge >= 0.3 is 0 Å². The molecule has 0 saturated carbocycles. The number of methoxy groups -OCH3 is 2. The van der Waals surface area contributed by atoms with Gasteiger partial charge in [0.15, 0.2) is 17.3 Å². The molecule has 0 amide bonds. The zero-order chi connectivity index (χ0) is 23.8. The number of halogens is 1. The summed E-state index contributed by atoms with van der Waals surface area (Å²) < 4.78 is 24.5. The van der Waals surface area contributed by atoms with Gasteiger partial charge in [0, 0.05) is 5.56 Å². The maximum Gasteiger partial charge on any atom is 0.189 e. The van der Waals surface area contributed by atoms with Gasteiger partial charge in [-0.2, -0.15) is 0 Å². The molecular formula is C27H31FO4. The molecule has 0 unspecified atom stereocenters. The van der Waals surface area contributed by atoms with Crippen LogP contribution >= 0.6 is 0 Å². The molecule has 0 aliphatic carbocycles. The Kier molecular flexibility index (Phi) is 8.82. The highest BCUT2D eigenvalue weighted by Gasteiger charge is 2.20. The topological polar surface area (TPSA) is 55.8 Å². The van der Waals surface area contributed by atoms with Crippen LogP contribution in [0, 0.1) is 5.82 Å². The van der Waals surface area contributed by atoms with Crippen LogP contribution < -0.4 is 9.47 Å². The minimum atomic E-state index is -0.512. The van der Waals surface area contributed by atoms with Crippen molar-refractivity contribution in [2.75, 3.05) is 14.2 Å². The lowest BCUT2D eigenvalue weighted by Gasteiger charge is -2.17. The molecule has 0 aromatic heterocycles. The van der Waals surface area contributed by atoms with E-state index < -0.39 is 5.82 Å². The molecule has 2 aromatic rings. The molecule has 0 atom stereocenters. The average Bonchev–Trinajstić information content (AvgIpc) is 2.75. The van der Waals surface area contributed by atoms with Crippen LogP contribution in [0.25, 0.3) is 6.08 Å². The van der Waals surface area contributed by atoms with Crippen LogP contribution in [-0.4, -0.2) is 25.1 Å². The van der Waals surface area contributed by atoms with E-state index in [1.165, 1.54) is 31.4 Å². The van der Waals surface area contributed by atoms with Gasteiger partial charge in [-0.3, -0.25) is 4.79 Å². The van der Waals surface area contributed by atoms with Gasteiger partial charge in [0.1, 0.15) is 11.5 Å². The first-order valence-electron chi connectivity index (χ1n) is 10.4. The Morgan fingerprint density at radius 3 is 2.22 bits per heavy atom. The SMILES string of the molecule is COc1ccc(/C=C/C(=O)c2cc(CC=C(C)C)c(OC)c(CC=C(C)C)c2O)cc1F. The summed E-state index contributed by atoms with van der Waals surface area (Å²) in [6.07, 6.45) is 7.88. The van der Waals surface area contributed by atoms with Crippen molar-refractivity contribution in [1.82, 2.24) is 0 Å². The average molecular weight is 439 g/mol. The van der Waals surface area contributed by atoms with E-state index in [4.69, 9.17) is 9.47 Å². The quantitative estimate of drug-likeness (QED) is 0.277. The van der Waals surface area contributed by atoms with Crippen molar-refractivity contribution in [3.63, 3.8) is 0 Å². The number of carbonyl (C=O) groups is 1. The third-order valence-electron chi connectivity index (χ3n) is 4.94. The Bertz CT molecular complexity index is 1070. The Balaban J connectivity index is 2.52. The van der Waals surface area contributed by atoms with Gasteiger partial charge in [0.2, 0.25) is 0 Å². The Morgan fingerprint density at radius 1 is 1.00 bits per heavy atom. The lowest BCUT2D eigenvalue weighted by Crippen LogP contribution is -2.04. The maximum atomic E-state index is 13.9. The number of ether oxygens (including phenoxy) is 2. The second-order valence-electron chi connectivity index (χ2n) is 8.01. The molecule has 5 heteroatoms. The summed E-state index contributed by atoms with van der Waals surface area (Å²) in [5.74, 6) is -0.277. The van der Waals surface area contributed by atoms with E-state index >= 15 is 0 Å². The zero-order valence-corrected chi connectivity index (χ0v) is 19.6. The molecule has 0 bridgehead atoms. The summed E-state index contributed by atoms with van der Waals surface area (Å²) in [6, 6.07) is 6.11. The van der Waals surface area contributed by atoms with Gasteiger partial charge in [-0.05, 0) is 75.9 Å². The van der Waals surface area contributed by atoms with E-state index in [1.807, 2.05) is 39.8 Å². The smallest absolute Gasteiger partial charge is 0.189 e. The van der Waals surface area contributed by atoms with Crippen molar-refractivity contribution >= 4 is 11.9 Å². The van der Waals surface area contributed by atoms with Gasteiger partial charge in [-0.15, -0.1) is 0 Å². The number of phenols is 1. The molecule has 0 radical (unpaired) electrons. The fourth-order valence-corrected chi connectivity index (χ4v) is 3.22. The summed E-state index contributed by atoms with van der Waals surface area (Å²) in [6.45, 7) is 7.94. The first-order chi connectivity index (χ1) is 15.2. The second-order valence-corrected chi connectivity index (χ2v) is 8.01. The predicted octanol–water partition coefficient (Wildman–Crippen LogP) is 6.46. The number of carbonyl (C=O) groups excluding carboxylic acids is 1. The highest BCUT2D eigenvalue weighted by atomic mass is 19.1. The van der Waals surface area contributed by atoms with Crippen LogP contribution in [0.1, 0.15) is 54.7 Å². The summed E-state index contributed by atoms with van der Waals surface area (Å²) in [5, 5.41) is 10.9. The van der Waals surface area contributed by atoms with E-state index in [0.29, 0.717) is 29.7 Å². The molecular weight excluding hydrogens is 407 g/mol. The third kappa shape index (κ3) is 6.33. The van der Waals surface area contributed by atoms with Gasteiger partial charge in [0.05, 0.1) is 19.8 Å². The van der Waals surface area contributed by atoms with Crippen molar-refractivity contribution < 1.29 is 23.8 Å². The molecule has 170 valence electrons. The maximum absolute atomic E-state index is 13.9. The Hall–Kier alpha value is -3.34. The highest BCUT2D eigenvalue weighted by molar-refractivity contribution is 6.09. The predicted molar refractivity (Wildman–Crippen MR) is 127 cm³/mol. The van der Waals surface area contributed by atoms with Gasteiger partial charge in [-0.1, -0.05) is 35.4 Å². The van der Waals surface area contributed by atoms with Crippen molar-refractivity contribution in [3.05, 3.63) is 81.7 Å². The number of benzene rings is 2. The number of phenolic OH excluding ortho intramolecular Hbond substituents is 1. The molecule has 0 heterocycles. The summed E-state index contributed by atoms with van der Waals surface area (Å²) in [5.41, 5.74) is 4.32. The first-order valence-corrected chi connectivity index (χ1v) is 10.4. The van der Waals surface area contributed by atoms with Gasteiger partial charge < -0.3 is 14.6 Å². The standard InChI is InChI=1S/C27H31FO4/c1-17(2)7-11-20-16-22(26(30)21(27(20)32-6)12-8-18(3)4)24(29)13-9-19-10-14-25(31-5)23(28)15-19/h7-10,13-16,30H,11-12H2,1-6H3/b13-9+. The summed E-state index contributed by atoms with van der Waals surface area (Å²) in [4.78, 5) is 13.0. The van der Waals surface area contributed by atoms with Gasteiger partial charge in [0.25, 0.3) is 0 Å². The molecule has 4 nitrogen and oxygen atoms in total. The third-order valence-corrected chi connectivity index (χ3v) is 4.94. The van der Waals surface area contributed by atoms with Crippen LogP contribution in [0.5, 0.6) is 17.2 Å². The van der Waals surface area contributed by atoms with Crippen molar-refractivity contribution in [3.8, 4) is 17.2 Å². The van der Waals surface area contributed by atoms with E-state index in [0.717, 1.165) is 16.7 Å². The number of hydrogen-bond acceptors (Lipinski definition) is 4. The molecule has 2 rings (SSSR count). The molecule has 2 aromatic carbocycles. The van der Waals surface area contributed by atoms with Crippen molar-refractivity contribution in [2.45, 2.75) is 40.5 Å². The van der Waals surface area contributed by atoms with E-state index in [9.17, 15) is 14.3 Å². The molecule has 0 fully saturated rings. The van der Waals surface area contributed by atoms with E-state index in [1.54, 1.807) is 19.2 Å². The first kappa shape index (κ1) is 24.9. The second kappa shape index (κ2) is 11.3.